The van der Waals surface area contributed by atoms with E-state index < -0.39 is 6.10 Å². The highest BCUT2D eigenvalue weighted by Crippen LogP contribution is 2.26. The van der Waals surface area contributed by atoms with Crippen molar-refractivity contribution >= 4 is 0 Å². The van der Waals surface area contributed by atoms with Crippen LogP contribution in [-0.4, -0.2) is 11.9 Å². The summed E-state index contributed by atoms with van der Waals surface area (Å²) in [7, 11) is 0. The van der Waals surface area contributed by atoms with Crippen molar-refractivity contribution in [2.24, 2.45) is 0 Å². The van der Waals surface area contributed by atoms with Crippen LogP contribution >= 0.6 is 0 Å². The Bertz CT molecular complexity index is 511. The van der Waals surface area contributed by atoms with E-state index in [-0.39, 0.29) is 6.79 Å². The zero-order valence-electron chi connectivity index (χ0n) is 11.7. The maximum Gasteiger partial charge on any atom is 0.189 e. The average Bonchev–Trinajstić information content (AvgIpc) is 2.52. The van der Waals surface area contributed by atoms with Crippen LogP contribution in [0.4, 0.5) is 0 Å². The maximum atomic E-state index is 9.92. The molecule has 106 valence electrons. The van der Waals surface area contributed by atoms with Crippen LogP contribution in [0.3, 0.4) is 0 Å². The summed E-state index contributed by atoms with van der Waals surface area (Å²) in [5.74, 6) is 0.676. The van der Waals surface area contributed by atoms with Crippen molar-refractivity contribution in [2.45, 2.75) is 26.1 Å². The Hall–Kier alpha value is -1.84. The predicted octanol–water partition coefficient (Wildman–Crippen LogP) is 3.68. The molecular weight excluding hydrogens is 252 g/mol. The van der Waals surface area contributed by atoms with Crippen LogP contribution in [0.1, 0.15) is 30.6 Å². The fourth-order valence-corrected chi connectivity index (χ4v) is 1.95. The third-order valence-corrected chi connectivity index (χ3v) is 3.07. The highest BCUT2D eigenvalue weighted by atomic mass is 16.7. The maximum absolute atomic E-state index is 9.92. The second-order valence-corrected chi connectivity index (χ2v) is 4.56. The highest BCUT2D eigenvalue weighted by Gasteiger charge is 2.10. The van der Waals surface area contributed by atoms with Crippen LogP contribution in [-0.2, 0) is 11.3 Å². The van der Waals surface area contributed by atoms with Gasteiger partial charge in [-0.25, -0.2) is 0 Å². The molecule has 1 atom stereocenters. The quantitative estimate of drug-likeness (QED) is 0.617. The van der Waals surface area contributed by atoms with Crippen LogP contribution in [0.2, 0.25) is 0 Å². The lowest BCUT2D eigenvalue weighted by molar-refractivity contribution is 0.00318. The standard InChI is InChI=1S/C17H20O3/c1-2-16(18)15-10-6-7-11-17(15)20-13-19-12-14-8-4-3-5-9-14/h3-11,16,18H,2,12-13H2,1H3/t16-/m1/s1. The largest absolute Gasteiger partial charge is 0.467 e. The van der Waals surface area contributed by atoms with Gasteiger partial charge in [-0.2, -0.15) is 0 Å². The lowest BCUT2D eigenvalue weighted by atomic mass is 10.1. The molecule has 0 spiro atoms. The monoisotopic (exact) mass is 272 g/mol. The summed E-state index contributed by atoms with van der Waals surface area (Å²) in [6, 6.07) is 17.5. The van der Waals surface area contributed by atoms with Gasteiger partial charge in [0.1, 0.15) is 5.75 Å². The fourth-order valence-electron chi connectivity index (χ4n) is 1.95. The zero-order chi connectivity index (χ0) is 14.2. The molecule has 0 aliphatic heterocycles. The number of aliphatic hydroxyl groups is 1. The molecule has 0 aromatic heterocycles. The summed E-state index contributed by atoms with van der Waals surface area (Å²) in [5.41, 5.74) is 1.91. The van der Waals surface area contributed by atoms with Gasteiger partial charge >= 0.3 is 0 Å². The number of hydrogen-bond acceptors (Lipinski definition) is 3. The number of para-hydroxylation sites is 1. The second-order valence-electron chi connectivity index (χ2n) is 4.56. The highest BCUT2D eigenvalue weighted by molar-refractivity contribution is 5.34. The number of aliphatic hydroxyl groups excluding tert-OH is 1. The number of rotatable bonds is 7. The molecule has 0 saturated carbocycles. The molecule has 1 N–H and O–H groups in total. The van der Waals surface area contributed by atoms with E-state index in [0.717, 1.165) is 11.1 Å². The Kier molecular flexibility index (Phi) is 5.59. The van der Waals surface area contributed by atoms with Crippen LogP contribution in [0.15, 0.2) is 54.6 Å². The minimum atomic E-state index is -0.500. The van der Waals surface area contributed by atoms with Crippen LogP contribution in [0.25, 0.3) is 0 Å². The Labute approximate surface area is 119 Å². The number of ether oxygens (including phenoxy) is 2. The van der Waals surface area contributed by atoms with Gasteiger partial charge in [0.2, 0.25) is 0 Å². The van der Waals surface area contributed by atoms with E-state index >= 15 is 0 Å². The molecule has 0 aliphatic carbocycles. The first-order valence-corrected chi connectivity index (χ1v) is 6.82. The predicted molar refractivity (Wildman–Crippen MR) is 78.4 cm³/mol. The Morgan fingerprint density at radius 1 is 1.00 bits per heavy atom. The number of benzene rings is 2. The van der Waals surface area contributed by atoms with E-state index in [2.05, 4.69) is 0 Å². The van der Waals surface area contributed by atoms with Gasteiger partial charge in [0.15, 0.2) is 6.79 Å². The molecule has 2 aromatic rings. The minimum Gasteiger partial charge on any atom is -0.467 e. The van der Waals surface area contributed by atoms with Crippen molar-refractivity contribution in [2.75, 3.05) is 6.79 Å². The van der Waals surface area contributed by atoms with Crippen LogP contribution < -0.4 is 4.74 Å². The molecule has 0 heterocycles. The molecule has 0 fully saturated rings. The second kappa shape index (κ2) is 7.68. The topological polar surface area (TPSA) is 38.7 Å². The van der Waals surface area contributed by atoms with Gasteiger partial charge < -0.3 is 14.6 Å². The van der Waals surface area contributed by atoms with Gasteiger partial charge in [-0.1, -0.05) is 55.5 Å². The van der Waals surface area contributed by atoms with Crippen molar-refractivity contribution in [3.8, 4) is 5.75 Å². The minimum absolute atomic E-state index is 0.169. The van der Waals surface area contributed by atoms with Gasteiger partial charge in [0.05, 0.1) is 12.7 Å². The van der Waals surface area contributed by atoms with Gasteiger partial charge in [0.25, 0.3) is 0 Å². The molecule has 20 heavy (non-hydrogen) atoms. The van der Waals surface area contributed by atoms with Crippen molar-refractivity contribution in [1.82, 2.24) is 0 Å². The van der Waals surface area contributed by atoms with E-state index in [1.54, 1.807) is 0 Å². The first kappa shape index (κ1) is 14.6. The molecule has 3 heteroatoms. The Balaban J connectivity index is 1.85. The normalized spacial score (nSPS) is 12.1. The molecule has 0 amide bonds. The summed E-state index contributed by atoms with van der Waals surface area (Å²) in [6.45, 7) is 2.62. The lowest BCUT2D eigenvalue weighted by Crippen LogP contribution is -2.06. The van der Waals surface area contributed by atoms with Crippen molar-refractivity contribution in [1.29, 1.82) is 0 Å². The third kappa shape index (κ3) is 4.08. The summed E-state index contributed by atoms with van der Waals surface area (Å²) in [6.07, 6.45) is 0.158. The molecule has 0 aliphatic rings. The summed E-state index contributed by atoms with van der Waals surface area (Å²) in [5, 5.41) is 9.92. The fraction of sp³-hybridized carbons (Fsp3) is 0.294. The molecule has 3 nitrogen and oxygen atoms in total. The summed E-state index contributed by atoms with van der Waals surface area (Å²) < 4.78 is 11.1. The zero-order valence-corrected chi connectivity index (χ0v) is 11.7. The molecule has 0 unspecified atom stereocenters. The van der Waals surface area contributed by atoms with Crippen molar-refractivity contribution < 1.29 is 14.6 Å². The lowest BCUT2D eigenvalue weighted by Gasteiger charge is -2.14. The summed E-state index contributed by atoms with van der Waals surface area (Å²) in [4.78, 5) is 0. The van der Waals surface area contributed by atoms with E-state index in [1.165, 1.54) is 0 Å². The first-order valence-electron chi connectivity index (χ1n) is 6.82. The van der Waals surface area contributed by atoms with Gasteiger partial charge in [-0.15, -0.1) is 0 Å². The first-order chi connectivity index (χ1) is 9.81. The molecule has 2 aromatic carbocycles. The number of hydrogen-bond donors (Lipinski definition) is 1. The van der Waals surface area contributed by atoms with Crippen molar-refractivity contribution in [3.63, 3.8) is 0 Å². The molecule has 2 rings (SSSR count). The SMILES string of the molecule is CC[C@@H](O)c1ccccc1OCOCc1ccccc1. The smallest absolute Gasteiger partial charge is 0.189 e. The molecule has 0 radical (unpaired) electrons. The van der Waals surface area contributed by atoms with Crippen LogP contribution in [0, 0.1) is 0 Å². The third-order valence-electron chi connectivity index (χ3n) is 3.07. The van der Waals surface area contributed by atoms with Crippen molar-refractivity contribution in [3.05, 3.63) is 65.7 Å². The Morgan fingerprint density at radius 3 is 2.45 bits per heavy atom. The van der Waals surface area contributed by atoms with Gasteiger partial charge in [0, 0.05) is 5.56 Å². The van der Waals surface area contributed by atoms with E-state index in [4.69, 9.17) is 9.47 Å². The van der Waals surface area contributed by atoms with Gasteiger partial charge in [-0.05, 0) is 18.1 Å². The van der Waals surface area contributed by atoms with Gasteiger partial charge in [-0.3, -0.25) is 0 Å². The molecular formula is C17H20O3. The Morgan fingerprint density at radius 2 is 1.70 bits per heavy atom. The summed E-state index contributed by atoms with van der Waals surface area (Å²) >= 11 is 0. The average molecular weight is 272 g/mol. The van der Waals surface area contributed by atoms with E-state index in [9.17, 15) is 5.11 Å². The van der Waals surface area contributed by atoms with Crippen LogP contribution in [0.5, 0.6) is 5.75 Å². The van der Waals surface area contributed by atoms with E-state index in [1.807, 2.05) is 61.5 Å². The molecule has 0 saturated heterocycles. The molecule has 0 bridgehead atoms. The van der Waals surface area contributed by atoms with E-state index in [0.29, 0.717) is 18.8 Å².